The number of hydrogen-bond donors (Lipinski definition) is 0. The van der Waals surface area contributed by atoms with Crippen molar-refractivity contribution >= 4 is 80.9 Å². The standard InChI is InChI=1S/C54H35NS/c1-2-15-45(16-3-1)55(52-29-28-47(48-17-6-7-18-49(48)52)43-26-30-54-51(35-43)50-19-8-9-20-53(50)56-54)46-27-25-37-22-24-42(33-44(37)34-46)40-14-10-13-39(32-40)41-23-21-36-11-4-5-12-38(36)31-41/h1-35H. The van der Waals surface area contributed by atoms with Crippen LogP contribution < -0.4 is 4.90 Å². The molecule has 56 heavy (non-hydrogen) atoms. The van der Waals surface area contributed by atoms with Gasteiger partial charge in [0.2, 0.25) is 0 Å². The van der Waals surface area contributed by atoms with E-state index in [0.29, 0.717) is 0 Å². The van der Waals surface area contributed by atoms with Gasteiger partial charge >= 0.3 is 0 Å². The minimum absolute atomic E-state index is 1.12. The number of anilines is 3. The molecule has 0 N–H and O–H groups in total. The van der Waals surface area contributed by atoms with Crippen LogP contribution in [0, 0.1) is 0 Å². The molecule has 0 saturated carbocycles. The third-order valence-electron chi connectivity index (χ3n) is 11.2. The van der Waals surface area contributed by atoms with Crippen molar-refractivity contribution in [3.63, 3.8) is 0 Å². The summed E-state index contributed by atoms with van der Waals surface area (Å²) in [6, 6.07) is 77.8. The van der Waals surface area contributed by atoms with E-state index >= 15 is 0 Å². The lowest BCUT2D eigenvalue weighted by atomic mass is 9.95. The second-order valence-electron chi connectivity index (χ2n) is 14.5. The largest absolute Gasteiger partial charge is 0.310 e. The van der Waals surface area contributed by atoms with Crippen LogP contribution in [0.5, 0.6) is 0 Å². The Bertz CT molecular complexity index is 3270. The Morgan fingerprint density at radius 2 is 0.893 bits per heavy atom. The van der Waals surface area contributed by atoms with Gasteiger partial charge < -0.3 is 4.90 Å². The molecule has 10 aromatic carbocycles. The molecule has 0 radical (unpaired) electrons. The van der Waals surface area contributed by atoms with Gasteiger partial charge in [-0.15, -0.1) is 11.3 Å². The molecule has 0 amide bonds. The average Bonchev–Trinajstić information content (AvgIpc) is 3.64. The molecular weight excluding hydrogens is 695 g/mol. The number of nitrogens with zero attached hydrogens (tertiary/aromatic N) is 1. The van der Waals surface area contributed by atoms with E-state index in [1.165, 1.54) is 85.9 Å². The molecule has 0 aliphatic heterocycles. The van der Waals surface area contributed by atoms with Gasteiger partial charge in [0.25, 0.3) is 0 Å². The van der Waals surface area contributed by atoms with Crippen LogP contribution >= 0.6 is 11.3 Å². The van der Waals surface area contributed by atoms with Gasteiger partial charge in [-0.05, 0) is 127 Å². The zero-order valence-corrected chi connectivity index (χ0v) is 31.4. The van der Waals surface area contributed by atoms with Crippen LogP contribution in [0.15, 0.2) is 212 Å². The van der Waals surface area contributed by atoms with E-state index < -0.39 is 0 Å². The highest BCUT2D eigenvalue weighted by atomic mass is 32.1. The summed E-state index contributed by atoms with van der Waals surface area (Å²) in [5.41, 5.74) is 10.7. The number of hydrogen-bond acceptors (Lipinski definition) is 2. The molecule has 0 aliphatic carbocycles. The Hall–Kier alpha value is -7.00. The molecular formula is C54H35NS. The Balaban J connectivity index is 1.02. The SMILES string of the molecule is c1ccc(N(c2ccc3ccc(-c4cccc(-c5ccc6ccccc6c5)c4)cc3c2)c2ccc(-c3ccc4sc5ccccc5c4c3)c3ccccc23)cc1. The fourth-order valence-electron chi connectivity index (χ4n) is 8.43. The Kier molecular flexibility index (Phi) is 7.75. The molecule has 1 heterocycles. The van der Waals surface area contributed by atoms with E-state index in [1.54, 1.807) is 0 Å². The van der Waals surface area contributed by atoms with Gasteiger partial charge in [0.1, 0.15) is 0 Å². The van der Waals surface area contributed by atoms with Crippen molar-refractivity contribution in [1.29, 1.82) is 0 Å². The van der Waals surface area contributed by atoms with E-state index in [0.717, 1.165) is 17.1 Å². The van der Waals surface area contributed by atoms with Crippen LogP contribution in [0.4, 0.5) is 17.1 Å². The topological polar surface area (TPSA) is 3.24 Å². The van der Waals surface area contributed by atoms with Crippen LogP contribution in [-0.2, 0) is 0 Å². The molecule has 0 fully saturated rings. The van der Waals surface area contributed by atoms with E-state index in [4.69, 9.17) is 0 Å². The summed E-state index contributed by atoms with van der Waals surface area (Å²) in [4.78, 5) is 2.41. The van der Waals surface area contributed by atoms with Crippen molar-refractivity contribution in [2.45, 2.75) is 0 Å². The van der Waals surface area contributed by atoms with Gasteiger partial charge in [-0.2, -0.15) is 0 Å². The predicted molar refractivity (Wildman–Crippen MR) is 243 cm³/mol. The quantitative estimate of drug-likeness (QED) is 0.165. The molecule has 11 rings (SSSR count). The number of thiophene rings is 1. The van der Waals surface area contributed by atoms with Crippen LogP contribution in [0.1, 0.15) is 0 Å². The Morgan fingerprint density at radius 3 is 1.71 bits per heavy atom. The third kappa shape index (κ3) is 5.62. The maximum Gasteiger partial charge on any atom is 0.0540 e. The number of fused-ring (bicyclic) bond motifs is 6. The lowest BCUT2D eigenvalue weighted by Gasteiger charge is -2.28. The minimum Gasteiger partial charge on any atom is -0.310 e. The number of rotatable bonds is 6. The fourth-order valence-corrected chi connectivity index (χ4v) is 9.51. The summed E-state index contributed by atoms with van der Waals surface area (Å²) in [7, 11) is 0. The summed E-state index contributed by atoms with van der Waals surface area (Å²) in [5, 5.41) is 10.0. The Morgan fingerprint density at radius 1 is 0.286 bits per heavy atom. The lowest BCUT2D eigenvalue weighted by molar-refractivity contribution is 1.30. The maximum absolute atomic E-state index is 2.41. The van der Waals surface area contributed by atoms with E-state index in [2.05, 4.69) is 217 Å². The third-order valence-corrected chi connectivity index (χ3v) is 12.4. The van der Waals surface area contributed by atoms with Crippen molar-refractivity contribution in [2.75, 3.05) is 4.90 Å². The molecule has 0 spiro atoms. The highest BCUT2D eigenvalue weighted by molar-refractivity contribution is 7.25. The van der Waals surface area contributed by atoms with Crippen molar-refractivity contribution in [2.24, 2.45) is 0 Å². The molecule has 0 atom stereocenters. The van der Waals surface area contributed by atoms with E-state index in [1.807, 2.05) is 11.3 Å². The van der Waals surface area contributed by atoms with Gasteiger partial charge in [-0.25, -0.2) is 0 Å². The summed E-state index contributed by atoms with van der Waals surface area (Å²) < 4.78 is 2.65. The van der Waals surface area contributed by atoms with Crippen molar-refractivity contribution in [1.82, 2.24) is 0 Å². The molecule has 11 aromatic rings. The first-order valence-corrected chi connectivity index (χ1v) is 20.0. The molecule has 2 heteroatoms. The maximum atomic E-state index is 2.41. The monoisotopic (exact) mass is 729 g/mol. The minimum atomic E-state index is 1.12. The first-order chi connectivity index (χ1) is 27.7. The van der Waals surface area contributed by atoms with Crippen molar-refractivity contribution < 1.29 is 0 Å². The summed E-state index contributed by atoms with van der Waals surface area (Å²) in [5.74, 6) is 0. The van der Waals surface area contributed by atoms with Gasteiger partial charge in [0.15, 0.2) is 0 Å². The summed E-state index contributed by atoms with van der Waals surface area (Å²) >= 11 is 1.86. The van der Waals surface area contributed by atoms with Crippen molar-refractivity contribution in [3.05, 3.63) is 212 Å². The fraction of sp³-hybridized carbons (Fsp3) is 0. The van der Waals surface area contributed by atoms with Gasteiger partial charge in [0, 0.05) is 36.9 Å². The van der Waals surface area contributed by atoms with Gasteiger partial charge in [0.05, 0.1) is 5.69 Å². The molecule has 1 nitrogen and oxygen atoms in total. The van der Waals surface area contributed by atoms with Crippen LogP contribution in [0.2, 0.25) is 0 Å². The molecule has 1 aromatic heterocycles. The van der Waals surface area contributed by atoms with Crippen LogP contribution in [0.3, 0.4) is 0 Å². The van der Waals surface area contributed by atoms with Gasteiger partial charge in [-0.1, -0.05) is 146 Å². The zero-order valence-electron chi connectivity index (χ0n) is 30.6. The smallest absolute Gasteiger partial charge is 0.0540 e. The molecule has 0 aliphatic rings. The second-order valence-corrected chi connectivity index (χ2v) is 15.6. The van der Waals surface area contributed by atoms with Crippen LogP contribution in [0.25, 0.3) is 85.9 Å². The summed E-state index contributed by atoms with van der Waals surface area (Å²) in [6.45, 7) is 0. The number of benzene rings is 10. The first kappa shape index (κ1) is 32.4. The van der Waals surface area contributed by atoms with Crippen LogP contribution in [-0.4, -0.2) is 0 Å². The van der Waals surface area contributed by atoms with Crippen molar-refractivity contribution in [3.8, 4) is 33.4 Å². The molecule has 0 unspecified atom stereocenters. The Labute approximate surface area is 330 Å². The van der Waals surface area contributed by atoms with E-state index in [9.17, 15) is 0 Å². The molecule has 0 bridgehead atoms. The van der Waals surface area contributed by atoms with Gasteiger partial charge in [-0.3, -0.25) is 0 Å². The number of para-hydroxylation sites is 1. The first-order valence-electron chi connectivity index (χ1n) is 19.2. The van der Waals surface area contributed by atoms with E-state index in [-0.39, 0.29) is 0 Å². The highest BCUT2D eigenvalue weighted by Gasteiger charge is 2.18. The zero-order chi connectivity index (χ0) is 37.0. The highest BCUT2D eigenvalue weighted by Crippen LogP contribution is 2.44. The average molecular weight is 730 g/mol. The summed E-state index contributed by atoms with van der Waals surface area (Å²) in [6.07, 6.45) is 0. The normalized spacial score (nSPS) is 11.6. The lowest BCUT2D eigenvalue weighted by Crippen LogP contribution is -2.10. The second kappa shape index (κ2) is 13.4. The predicted octanol–water partition coefficient (Wildman–Crippen LogP) is 16.0. The molecule has 0 saturated heterocycles. The molecule has 262 valence electrons.